The molecule has 0 fully saturated rings. The molecule has 0 radical (unpaired) electrons. The van der Waals surface area contributed by atoms with Crippen molar-refractivity contribution in [2.45, 2.75) is 6.54 Å². The minimum atomic E-state index is 0.181. The molecule has 5 heteroatoms. The fraction of sp³-hybridized carbons (Fsp3) is 0.333. The number of hydrogen-bond donors (Lipinski definition) is 0. The molecule has 0 spiro atoms. The van der Waals surface area contributed by atoms with Crippen molar-refractivity contribution in [3.8, 4) is 0 Å². The summed E-state index contributed by atoms with van der Waals surface area (Å²) in [5, 5.41) is 10.4. The second-order valence-electron chi connectivity index (χ2n) is 1.16. The third-order valence-corrected chi connectivity index (χ3v) is 0.629. The number of rotatable bonds is 2. The molecular formula is C3H4N4O. The van der Waals surface area contributed by atoms with Gasteiger partial charge in [0.25, 0.3) is 0 Å². The maximum Gasteiger partial charge on any atom is 0.162 e. The fourth-order valence-electron chi connectivity index (χ4n) is 0.339. The monoisotopic (exact) mass is 112 g/mol. The van der Waals surface area contributed by atoms with E-state index in [1.165, 1.54) is 11.1 Å². The lowest BCUT2D eigenvalue weighted by Crippen LogP contribution is -2.02. The van der Waals surface area contributed by atoms with E-state index in [1.54, 1.807) is 0 Å². The molecule has 8 heavy (non-hydrogen) atoms. The van der Waals surface area contributed by atoms with Crippen molar-refractivity contribution in [3.63, 3.8) is 0 Å². The Labute approximate surface area is 45.3 Å². The second kappa shape index (κ2) is 2.15. The summed E-state index contributed by atoms with van der Waals surface area (Å²) in [5.74, 6) is 0. The predicted molar refractivity (Wildman–Crippen MR) is 23.9 cm³/mol. The highest BCUT2D eigenvalue weighted by molar-refractivity contribution is 5.48. The molecule has 0 amide bonds. The normalized spacial score (nSPS) is 9.00. The number of aromatic nitrogens is 4. The average molecular weight is 112 g/mol. The van der Waals surface area contributed by atoms with E-state index < -0.39 is 0 Å². The summed E-state index contributed by atoms with van der Waals surface area (Å²) in [6.45, 7) is 0.181. The Morgan fingerprint density at radius 2 is 2.62 bits per heavy atom. The van der Waals surface area contributed by atoms with Gasteiger partial charge < -0.3 is 4.79 Å². The highest BCUT2D eigenvalue weighted by Crippen LogP contribution is 1.66. The van der Waals surface area contributed by atoms with Gasteiger partial charge >= 0.3 is 0 Å². The van der Waals surface area contributed by atoms with Crippen LogP contribution in [0.15, 0.2) is 6.33 Å². The third-order valence-electron chi connectivity index (χ3n) is 0.629. The van der Waals surface area contributed by atoms with E-state index in [1.807, 2.05) is 0 Å². The fourth-order valence-corrected chi connectivity index (χ4v) is 0.339. The van der Waals surface area contributed by atoms with Gasteiger partial charge in [-0.05, 0) is 5.21 Å². The van der Waals surface area contributed by atoms with Crippen molar-refractivity contribution >= 4 is 6.29 Å². The Balaban J connectivity index is 2.62. The molecule has 0 aliphatic rings. The molecule has 0 atom stereocenters. The van der Waals surface area contributed by atoms with Crippen LogP contribution < -0.4 is 0 Å². The molecule has 1 heterocycles. The zero-order valence-electron chi connectivity index (χ0n) is 4.06. The summed E-state index contributed by atoms with van der Waals surface area (Å²) < 4.78 is 0. The Kier molecular flexibility index (Phi) is 1.32. The van der Waals surface area contributed by atoms with Crippen molar-refractivity contribution < 1.29 is 4.79 Å². The Bertz CT molecular complexity index is 158. The van der Waals surface area contributed by atoms with Crippen molar-refractivity contribution in [2.75, 3.05) is 0 Å². The number of carbonyl (C=O) groups excluding carboxylic acids is 1. The van der Waals surface area contributed by atoms with Gasteiger partial charge in [-0.15, -0.1) is 10.2 Å². The van der Waals surface area contributed by atoms with Crippen LogP contribution in [0.4, 0.5) is 0 Å². The first-order valence-electron chi connectivity index (χ1n) is 2.08. The van der Waals surface area contributed by atoms with Gasteiger partial charge in [-0.3, -0.25) is 0 Å². The molecule has 0 aliphatic heterocycles. The summed E-state index contributed by atoms with van der Waals surface area (Å²) in [5.41, 5.74) is 0. The molecule has 0 N–H and O–H groups in total. The SMILES string of the molecule is O=CCn1ncnn1. The smallest absolute Gasteiger partial charge is 0.162 e. The van der Waals surface area contributed by atoms with Crippen molar-refractivity contribution in [3.05, 3.63) is 6.33 Å². The molecule has 1 aromatic rings. The Morgan fingerprint density at radius 1 is 1.75 bits per heavy atom. The Morgan fingerprint density at radius 3 is 3.12 bits per heavy atom. The number of aldehydes is 1. The lowest BCUT2D eigenvalue weighted by molar-refractivity contribution is -0.108. The maximum absolute atomic E-state index is 9.74. The number of hydrogen-bond acceptors (Lipinski definition) is 4. The van der Waals surface area contributed by atoms with E-state index in [0.29, 0.717) is 6.29 Å². The molecule has 1 rings (SSSR count). The van der Waals surface area contributed by atoms with Gasteiger partial charge in [-0.25, -0.2) is 0 Å². The van der Waals surface area contributed by atoms with Crippen molar-refractivity contribution in [2.24, 2.45) is 0 Å². The standard InChI is InChI=1S/C3H4N4O/c8-2-1-7-5-3-4-6-7/h2-3H,1H2. The highest BCUT2D eigenvalue weighted by atomic mass is 16.1. The summed E-state index contributed by atoms with van der Waals surface area (Å²) in [7, 11) is 0. The molecule has 1 aromatic heterocycles. The quantitative estimate of drug-likeness (QED) is 0.454. The van der Waals surface area contributed by atoms with Gasteiger partial charge in [0, 0.05) is 0 Å². The van der Waals surface area contributed by atoms with Crippen molar-refractivity contribution in [1.82, 2.24) is 20.2 Å². The van der Waals surface area contributed by atoms with Gasteiger partial charge in [-0.1, -0.05) is 0 Å². The largest absolute Gasteiger partial charge is 0.301 e. The minimum absolute atomic E-state index is 0.181. The van der Waals surface area contributed by atoms with E-state index in [2.05, 4.69) is 15.4 Å². The van der Waals surface area contributed by atoms with E-state index in [9.17, 15) is 4.79 Å². The zero-order chi connectivity index (χ0) is 5.82. The predicted octanol–water partition coefficient (Wildman–Crippen LogP) is -1.13. The van der Waals surface area contributed by atoms with Gasteiger partial charge in [0.05, 0.1) is 0 Å². The number of carbonyl (C=O) groups is 1. The van der Waals surface area contributed by atoms with Gasteiger partial charge in [0.2, 0.25) is 0 Å². The summed E-state index contributed by atoms with van der Waals surface area (Å²) >= 11 is 0. The van der Waals surface area contributed by atoms with Crippen LogP contribution in [-0.4, -0.2) is 26.5 Å². The second-order valence-corrected chi connectivity index (χ2v) is 1.16. The first kappa shape index (κ1) is 4.89. The first-order chi connectivity index (χ1) is 3.93. The van der Waals surface area contributed by atoms with E-state index in [-0.39, 0.29) is 6.54 Å². The van der Waals surface area contributed by atoms with Crippen LogP contribution in [0.5, 0.6) is 0 Å². The molecule has 5 nitrogen and oxygen atoms in total. The maximum atomic E-state index is 9.74. The minimum Gasteiger partial charge on any atom is -0.301 e. The van der Waals surface area contributed by atoms with Crippen molar-refractivity contribution in [1.29, 1.82) is 0 Å². The van der Waals surface area contributed by atoms with Crippen LogP contribution in [0.25, 0.3) is 0 Å². The van der Waals surface area contributed by atoms with Crippen LogP contribution in [0.1, 0.15) is 0 Å². The van der Waals surface area contributed by atoms with Gasteiger partial charge in [0.1, 0.15) is 12.8 Å². The zero-order valence-corrected chi connectivity index (χ0v) is 4.06. The number of tetrazole rings is 1. The summed E-state index contributed by atoms with van der Waals surface area (Å²) in [6, 6.07) is 0. The molecule has 0 aliphatic carbocycles. The van der Waals surface area contributed by atoms with Gasteiger partial charge in [0.15, 0.2) is 6.33 Å². The molecule has 0 saturated carbocycles. The van der Waals surface area contributed by atoms with E-state index >= 15 is 0 Å². The summed E-state index contributed by atoms with van der Waals surface area (Å²) in [6.07, 6.45) is 1.99. The molecular weight excluding hydrogens is 108 g/mol. The molecule has 0 saturated heterocycles. The molecule has 0 unspecified atom stereocenters. The molecule has 0 aromatic carbocycles. The number of nitrogens with zero attached hydrogens (tertiary/aromatic N) is 4. The lowest BCUT2D eigenvalue weighted by atomic mass is 10.8. The van der Waals surface area contributed by atoms with E-state index in [4.69, 9.17) is 0 Å². The van der Waals surface area contributed by atoms with E-state index in [0.717, 1.165) is 0 Å². The lowest BCUT2D eigenvalue weighted by Gasteiger charge is -1.82. The Hall–Kier alpha value is -1.26. The first-order valence-corrected chi connectivity index (χ1v) is 2.08. The van der Waals surface area contributed by atoms with Crippen LogP contribution in [-0.2, 0) is 11.3 Å². The van der Waals surface area contributed by atoms with Gasteiger partial charge in [-0.2, -0.15) is 4.80 Å². The third kappa shape index (κ3) is 0.868. The molecule has 0 bridgehead atoms. The van der Waals surface area contributed by atoms with Crippen LogP contribution in [0, 0.1) is 0 Å². The van der Waals surface area contributed by atoms with Crippen LogP contribution >= 0.6 is 0 Å². The topological polar surface area (TPSA) is 60.7 Å². The molecule has 42 valence electrons. The van der Waals surface area contributed by atoms with Crippen LogP contribution in [0.2, 0.25) is 0 Å². The summed E-state index contributed by atoms with van der Waals surface area (Å²) in [4.78, 5) is 10.9. The highest BCUT2D eigenvalue weighted by Gasteiger charge is 1.85. The average Bonchev–Trinajstić information content (AvgIpc) is 2.19. The van der Waals surface area contributed by atoms with Crippen LogP contribution in [0.3, 0.4) is 0 Å².